The number of hydrogen-bond donors (Lipinski definition) is 1. The number of nitrogens with one attached hydrogen (secondary N) is 1. The Hall–Kier alpha value is -1.66. The van der Waals surface area contributed by atoms with Gasteiger partial charge in [-0.1, -0.05) is 53.0 Å². The summed E-state index contributed by atoms with van der Waals surface area (Å²) in [5, 5.41) is 2.88. The minimum atomic E-state index is -3.79. The second-order valence-electron chi connectivity index (χ2n) is 7.29. The molecule has 0 aromatic heterocycles. The topological polar surface area (TPSA) is 63.2 Å². The number of carbonyl (C=O) groups is 1. The van der Waals surface area contributed by atoms with Crippen molar-refractivity contribution in [3.05, 3.63) is 63.6 Å². The van der Waals surface area contributed by atoms with Crippen LogP contribution in [-0.4, -0.2) is 19.1 Å². The van der Waals surface area contributed by atoms with Crippen molar-refractivity contribution in [3.8, 4) is 0 Å². The Labute approximate surface area is 169 Å². The van der Waals surface area contributed by atoms with Crippen molar-refractivity contribution in [1.29, 1.82) is 0 Å². The van der Waals surface area contributed by atoms with Crippen molar-refractivity contribution in [1.82, 2.24) is 5.32 Å². The van der Waals surface area contributed by atoms with Gasteiger partial charge >= 0.3 is 0 Å². The highest BCUT2D eigenvalue weighted by Gasteiger charge is 2.53. The van der Waals surface area contributed by atoms with Gasteiger partial charge in [0.05, 0.1) is 4.90 Å². The van der Waals surface area contributed by atoms with Crippen molar-refractivity contribution in [2.45, 2.75) is 55.7 Å². The molecule has 0 bridgehead atoms. The summed E-state index contributed by atoms with van der Waals surface area (Å²) in [4.78, 5) is 13.4. The number of hydrogen-bond acceptors (Lipinski definition) is 3. The van der Waals surface area contributed by atoms with Gasteiger partial charge in [0.15, 0.2) is 14.6 Å². The maximum Gasteiger partial charge on any atom is 0.242 e. The minimum absolute atomic E-state index is 0.280. The third-order valence-electron chi connectivity index (χ3n) is 5.31. The largest absolute Gasteiger partial charge is 0.351 e. The Morgan fingerprint density at radius 1 is 1.11 bits per heavy atom. The van der Waals surface area contributed by atoms with E-state index < -0.39 is 14.6 Å². The normalized spacial score (nSPS) is 16.3. The highest BCUT2D eigenvalue weighted by atomic mass is 79.9. The molecule has 0 heterocycles. The summed E-state index contributed by atoms with van der Waals surface area (Å²) >= 11 is 3.41. The molecule has 3 rings (SSSR count). The summed E-state index contributed by atoms with van der Waals surface area (Å²) in [5.74, 6) is -0.388. The molecule has 0 spiro atoms. The van der Waals surface area contributed by atoms with E-state index in [-0.39, 0.29) is 10.8 Å². The van der Waals surface area contributed by atoms with E-state index >= 15 is 0 Å². The Bertz CT molecular complexity index is 963. The van der Waals surface area contributed by atoms with E-state index in [1.54, 1.807) is 13.0 Å². The maximum absolute atomic E-state index is 13.6. The van der Waals surface area contributed by atoms with Crippen LogP contribution in [0, 0.1) is 13.8 Å². The highest BCUT2D eigenvalue weighted by Crippen LogP contribution is 2.41. The van der Waals surface area contributed by atoms with Crippen molar-refractivity contribution >= 4 is 31.7 Å². The smallest absolute Gasteiger partial charge is 0.242 e. The van der Waals surface area contributed by atoms with Crippen molar-refractivity contribution < 1.29 is 13.2 Å². The van der Waals surface area contributed by atoms with Crippen LogP contribution in [0.2, 0.25) is 0 Å². The first-order valence-electron chi connectivity index (χ1n) is 9.11. The van der Waals surface area contributed by atoms with E-state index in [9.17, 15) is 13.2 Å². The maximum atomic E-state index is 13.6. The van der Waals surface area contributed by atoms with Gasteiger partial charge in [-0.2, -0.15) is 0 Å². The van der Waals surface area contributed by atoms with E-state index in [0.717, 1.165) is 28.4 Å². The predicted molar refractivity (Wildman–Crippen MR) is 110 cm³/mol. The molecule has 0 unspecified atom stereocenters. The molecule has 1 fully saturated rings. The van der Waals surface area contributed by atoms with Crippen LogP contribution in [0.15, 0.2) is 51.8 Å². The number of sulfone groups is 1. The molecular weight excluding hydrogens is 426 g/mol. The summed E-state index contributed by atoms with van der Waals surface area (Å²) in [6, 6.07) is 13.0. The van der Waals surface area contributed by atoms with E-state index in [1.165, 1.54) is 0 Å². The first-order chi connectivity index (χ1) is 12.8. The molecule has 4 nitrogen and oxygen atoms in total. The van der Waals surface area contributed by atoms with Gasteiger partial charge in [-0.05, 0) is 61.6 Å². The number of benzene rings is 2. The summed E-state index contributed by atoms with van der Waals surface area (Å²) in [5.41, 5.74) is 2.49. The predicted octanol–water partition coefficient (Wildman–Crippen LogP) is 4.47. The van der Waals surface area contributed by atoms with Gasteiger partial charge in [0.2, 0.25) is 5.91 Å². The summed E-state index contributed by atoms with van der Waals surface area (Å²) < 4.78 is 26.7. The molecule has 1 N–H and O–H groups in total. The van der Waals surface area contributed by atoms with Crippen molar-refractivity contribution in [2.24, 2.45) is 0 Å². The number of halogens is 1. The van der Waals surface area contributed by atoms with Crippen LogP contribution >= 0.6 is 15.9 Å². The van der Waals surface area contributed by atoms with E-state index in [4.69, 9.17) is 0 Å². The van der Waals surface area contributed by atoms with Gasteiger partial charge in [-0.15, -0.1) is 0 Å². The summed E-state index contributed by atoms with van der Waals surface area (Å²) in [7, 11) is -3.79. The molecule has 144 valence electrons. The average molecular weight is 450 g/mol. The second kappa shape index (κ2) is 7.76. The molecule has 6 heteroatoms. The Morgan fingerprint density at radius 2 is 1.81 bits per heavy atom. The lowest BCUT2D eigenvalue weighted by atomic mass is 10.1. The SMILES string of the molecule is Cc1ccc(C)c(S(=O)(=O)C2(C(=O)NCc3cccc(Br)c3)CCCC2)c1. The number of carbonyl (C=O) groups excluding carboxylic acids is 1. The molecule has 1 saturated carbocycles. The van der Waals surface area contributed by atoms with Gasteiger partial charge in [-0.3, -0.25) is 4.79 Å². The highest BCUT2D eigenvalue weighted by molar-refractivity contribution is 9.10. The standard InChI is InChI=1S/C21H24BrNO3S/c1-15-8-9-16(2)19(12-15)27(25,26)21(10-3-4-11-21)20(24)23-14-17-6-5-7-18(22)13-17/h5-9,12-13H,3-4,10-11,14H2,1-2H3,(H,23,24). The quantitative estimate of drug-likeness (QED) is 0.731. The lowest BCUT2D eigenvalue weighted by Gasteiger charge is -2.28. The first-order valence-corrected chi connectivity index (χ1v) is 11.4. The first kappa shape index (κ1) is 20.1. The van der Waals surface area contributed by atoms with Crippen LogP contribution in [0.1, 0.15) is 42.4 Å². The van der Waals surface area contributed by atoms with E-state index in [1.807, 2.05) is 43.3 Å². The van der Waals surface area contributed by atoms with Crippen LogP contribution in [-0.2, 0) is 21.2 Å². The summed E-state index contributed by atoms with van der Waals surface area (Å²) in [6.07, 6.45) is 2.23. The van der Waals surface area contributed by atoms with Crippen LogP contribution in [0.3, 0.4) is 0 Å². The van der Waals surface area contributed by atoms with E-state index in [0.29, 0.717) is 24.9 Å². The molecule has 0 saturated heterocycles. The molecule has 0 aliphatic heterocycles. The number of amides is 1. The zero-order valence-electron chi connectivity index (χ0n) is 15.6. The molecule has 1 amide bonds. The molecule has 1 aliphatic rings. The zero-order chi connectivity index (χ0) is 19.7. The van der Waals surface area contributed by atoms with Crippen LogP contribution in [0.25, 0.3) is 0 Å². The monoisotopic (exact) mass is 449 g/mol. The number of aryl methyl sites for hydroxylation is 2. The molecule has 2 aromatic carbocycles. The van der Waals surface area contributed by atoms with Crippen LogP contribution in [0.5, 0.6) is 0 Å². The Morgan fingerprint density at radius 3 is 2.48 bits per heavy atom. The Kier molecular flexibility index (Phi) is 5.77. The molecular formula is C21H24BrNO3S. The van der Waals surface area contributed by atoms with Crippen molar-refractivity contribution in [2.75, 3.05) is 0 Å². The lowest BCUT2D eigenvalue weighted by Crippen LogP contribution is -2.50. The minimum Gasteiger partial charge on any atom is -0.351 e. The molecule has 2 aromatic rings. The van der Waals surface area contributed by atoms with Crippen LogP contribution < -0.4 is 5.32 Å². The van der Waals surface area contributed by atoms with E-state index in [2.05, 4.69) is 21.2 Å². The van der Waals surface area contributed by atoms with Gasteiger partial charge < -0.3 is 5.32 Å². The average Bonchev–Trinajstić information content (AvgIpc) is 3.13. The Balaban J connectivity index is 1.93. The van der Waals surface area contributed by atoms with Gasteiger partial charge in [-0.25, -0.2) is 8.42 Å². The third-order valence-corrected chi connectivity index (χ3v) is 8.45. The lowest BCUT2D eigenvalue weighted by molar-refractivity contribution is -0.123. The molecule has 0 atom stereocenters. The van der Waals surface area contributed by atoms with Gasteiger partial charge in [0, 0.05) is 11.0 Å². The number of rotatable bonds is 5. The van der Waals surface area contributed by atoms with Crippen LogP contribution in [0.4, 0.5) is 0 Å². The fraction of sp³-hybridized carbons (Fsp3) is 0.381. The zero-order valence-corrected chi connectivity index (χ0v) is 18.0. The van der Waals surface area contributed by atoms with Crippen molar-refractivity contribution in [3.63, 3.8) is 0 Å². The molecule has 1 aliphatic carbocycles. The van der Waals surface area contributed by atoms with Gasteiger partial charge in [0.1, 0.15) is 0 Å². The third kappa shape index (κ3) is 3.83. The van der Waals surface area contributed by atoms with Gasteiger partial charge in [0.25, 0.3) is 0 Å². The molecule has 0 radical (unpaired) electrons. The second-order valence-corrected chi connectivity index (χ2v) is 10.4. The fourth-order valence-electron chi connectivity index (χ4n) is 3.76. The summed E-state index contributed by atoms with van der Waals surface area (Å²) in [6.45, 7) is 3.96. The molecule has 27 heavy (non-hydrogen) atoms. The fourth-order valence-corrected chi connectivity index (χ4v) is 6.60.